The molecular formula is C18H23F3N2. The third kappa shape index (κ3) is 2.84. The Balaban J connectivity index is 1.53. The summed E-state index contributed by atoms with van der Waals surface area (Å²) in [6.45, 7) is 0. The van der Waals surface area contributed by atoms with E-state index < -0.39 is 11.7 Å². The molecule has 2 nitrogen and oxygen atoms in total. The van der Waals surface area contributed by atoms with Gasteiger partial charge in [-0.05, 0) is 74.5 Å². The Kier molecular flexibility index (Phi) is 3.42. The Morgan fingerprint density at radius 2 is 1.61 bits per heavy atom. The van der Waals surface area contributed by atoms with E-state index >= 15 is 0 Å². The van der Waals surface area contributed by atoms with Gasteiger partial charge in [-0.3, -0.25) is 0 Å². The average molecular weight is 324 g/mol. The zero-order chi connectivity index (χ0) is 16.2. The van der Waals surface area contributed by atoms with Crippen LogP contribution in [-0.4, -0.2) is 12.6 Å². The van der Waals surface area contributed by atoms with Crippen molar-refractivity contribution in [2.45, 2.75) is 50.2 Å². The van der Waals surface area contributed by atoms with Gasteiger partial charge in [-0.2, -0.15) is 13.2 Å². The molecule has 0 aliphatic heterocycles. The maximum atomic E-state index is 12.9. The van der Waals surface area contributed by atoms with E-state index in [-0.39, 0.29) is 5.54 Å². The maximum absolute atomic E-state index is 12.9. The number of nitrogens with zero attached hydrogens (tertiary/aromatic N) is 1. The standard InChI is InChI=1S/C18H23F3N2/c1-23(16-4-2-3-15(8-16)18(19,20)21)22-17-9-12-5-13(10-17)7-14(6-12)11-17/h2-4,8,12-14,22H,5-7,9-11H2,1H3. The minimum atomic E-state index is -4.29. The van der Waals surface area contributed by atoms with Crippen LogP contribution in [0.15, 0.2) is 24.3 Å². The smallest absolute Gasteiger partial charge is 0.311 e. The van der Waals surface area contributed by atoms with Crippen LogP contribution in [0.4, 0.5) is 18.9 Å². The number of anilines is 1. The van der Waals surface area contributed by atoms with Gasteiger partial charge >= 0.3 is 6.18 Å². The van der Waals surface area contributed by atoms with Crippen LogP contribution in [0.2, 0.25) is 0 Å². The number of rotatable bonds is 3. The van der Waals surface area contributed by atoms with E-state index in [4.69, 9.17) is 0 Å². The molecule has 4 aliphatic rings. The second-order valence-corrected chi connectivity index (χ2v) is 7.92. The second-order valence-electron chi connectivity index (χ2n) is 7.92. The van der Waals surface area contributed by atoms with Crippen molar-refractivity contribution in [3.63, 3.8) is 0 Å². The van der Waals surface area contributed by atoms with Gasteiger partial charge in [-0.1, -0.05) is 6.07 Å². The van der Waals surface area contributed by atoms with Gasteiger partial charge < -0.3 is 5.01 Å². The number of nitrogens with one attached hydrogen (secondary N) is 1. The van der Waals surface area contributed by atoms with Gasteiger partial charge in [0.05, 0.1) is 11.3 Å². The largest absolute Gasteiger partial charge is 0.416 e. The first-order chi connectivity index (χ1) is 10.8. The first-order valence-electron chi connectivity index (χ1n) is 8.52. The molecule has 4 aliphatic carbocycles. The van der Waals surface area contributed by atoms with E-state index in [1.807, 2.05) is 12.1 Å². The molecule has 0 atom stereocenters. The van der Waals surface area contributed by atoms with Crippen molar-refractivity contribution in [3.8, 4) is 0 Å². The predicted octanol–water partition coefficient (Wildman–Crippen LogP) is 4.62. The lowest BCUT2D eigenvalue weighted by Gasteiger charge is -2.57. The van der Waals surface area contributed by atoms with Gasteiger partial charge in [-0.25, -0.2) is 5.43 Å². The predicted molar refractivity (Wildman–Crippen MR) is 83.9 cm³/mol. The summed E-state index contributed by atoms with van der Waals surface area (Å²) in [6.07, 6.45) is 3.28. The molecular weight excluding hydrogens is 301 g/mol. The van der Waals surface area contributed by atoms with Gasteiger partial charge in [0, 0.05) is 12.6 Å². The number of hydrogen-bond donors (Lipinski definition) is 1. The Morgan fingerprint density at radius 3 is 2.13 bits per heavy atom. The number of hydrogen-bond acceptors (Lipinski definition) is 2. The monoisotopic (exact) mass is 324 g/mol. The number of hydrazine groups is 1. The molecule has 0 heterocycles. The summed E-state index contributed by atoms with van der Waals surface area (Å²) in [5, 5.41) is 1.81. The fraction of sp³-hybridized carbons (Fsp3) is 0.667. The highest BCUT2D eigenvalue weighted by Gasteiger charge is 2.51. The Labute approximate surface area is 135 Å². The van der Waals surface area contributed by atoms with Gasteiger partial charge in [-0.15, -0.1) is 0 Å². The normalized spacial score (nSPS) is 35.6. The van der Waals surface area contributed by atoms with E-state index in [0.717, 1.165) is 23.8 Å². The average Bonchev–Trinajstić information content (AvgIpc) is 2.44. The summed E-state index contributed by atoms with van der Waals surface area (Å²) >= 11 is 0. The molecule has 1 N–H and O–H groups in total. The molecule has 0 amide bonds. The van der Waals surface area contributed by atoms with Gasteiger partial charge in [0.2, 0.25) is 0 Å². The van der Waals surface area contributed by atoms with Crippen LogP contribution in [0, 0.1) is 17.8 Å². The van der Waals surface area contributed by atoms with E-state index in [9.17, 15) is 13.2 Å². The second kappa shape index (κ2) is 5.13. The van der Waals surface area contributed by atoms with Crippen LogP contribution in [0.25, 0.3) is 0 Å². The third-order valence-corrected chi connectivity index (χ3v) is 6.00. The topological polar surface area (TPSA) is 15.3 Å². The van der Waals surface area contributed by atoms with Crippen LogP contribution in [0.1, 0.15) is 44.1 Å². The lowest BCUT2D eigenvalue weighted by Crippen LogP contribution is -2.62. The molecule has 0 unspecified atom stereocenters. The summed E-state index contributed by atoms with van der Waals surface area (Å²) in [5.74, 6) is 2.43. The molecule has 4 saturated carbocycles. The minimum Gasteiger partial charge on any atom is -0.311 e. The summed E-state index contributed by atoms with van der Waals surface area (Å²) in [6, 6.07) is 5.58. The van der Waals surface area contributed by atoms with E-state index in [0.29, 0.717) is 5.69 Å². The van der Waals surface area contributed by atoms with Crippen molar-refractivity contribution in [2.24, 2.45) is 17.8 Å². The van der Waals surface area contributed by atoms with Crippen molar-refractivity contribution < 1.29 is 13.2 Å². The fourth-order valence-corrected chi connectivity index (χ4v) is 5.56. The molecule has 4 fully saturated rings. The molecule has 5 heteroatoms. The van der Waals surface area contributed by atoms with Crippen LogP contribution in [0.5, 0.6) is 0 Å². The quantitative estimate of drug-likeness (QED) is 0.817. The molecule has 0 aromatic heterocycles. The Bertz CT molecular complexity index is 561. The molecule has 23 heavy (non-hydrogen) atoms. The van der Waals surface area contributed by atoms with Crippen molar-refractivity contribution in [1.82, 2.24) is 5.43 Å². The minimum absolute atomic E-state index is 0.0950. The summed E-state index contributed by atoms with van der Waals surface area (Å²) in [5.41, 5.74) is 3.67. The SMILES string of the molecule is CN(NC12CC3CC(CC(C3)C1)C2)c1cccc(C(F)(F)F)c1. The fourth-order valence-electron chi connectivity index (χ4n) is 5.56. The molecule has 0 saturated heterocycles. The Morgan fingerprint density at radius 1 is 1.04 bits per heavy atom. The highest BCUT2D eigenvalue weighted by molar-refractivity contribution is 5.48. The molecule has 4 bridgehead atoms. The molecule has 0 radical (unpaired) electrons. The van der Waals surface area contributed by atoms with Crippen LogP contribution < -0.4 is 10.4 Å². The maximum Gasteiger partial charge on any atom is 0.416 e. The van der Waals surface area contributed by atoms with E-state index in [1.54, 1.807) is 6.07 Å². The van der Waals surface area contributed by atoms with E-state index in [1.165, 1.54) is 50.7 Å². The summed E-state index contributed by atoms with van der Waals surface area (Å²) < 4.78 is 38.7. The Hall–Kier alpha value is -1.23. The van der Waals surface area contributed by atoms with Gasteiger partial charge in [0.15, 0.2) is 0 Å². The highest BCUT2D eigenvalue weighted by atomic mass is 19.4. The van der Waals surface area contributed by atoms with Crippen LogP contribution >= 0.6 is 0 Å². The van der Waals surface area contributed by atoms with Crippen LogP contribution in [0.3, 0.4) is 0 Å². The zero-order valence-corrected chi connectivity index (χ0v) is 13.4. The first-order valence-corrected chi connectivity index (χ1v) is 8.52. The van der Waals surface area contributed by atoms with E-state index in [2.05, 4.69) is 5.43 Å². The number of halogens is 3. The highest BCUT2D eigenvalue weighted by Crippen LogP contribution is 2.55. The third-order valence-electron chi connectivity index (χ3n) is 6.00. The van der Waals surface area contributed by atoms with Crippen molar-refractivity contribution >= 4 is 5.69 Å². The molecule has 5 rings (SSSR count). The van der Waals surface area contributed by atoms with Gasteiger partial charge in [0.1, 0.15) is 0 Å². The molecule has 1 aromatic rings. The lowest BCUT2D eigenvalue weighted by atomic mass is 9.53. The molecule has 1 aromatic carbocycles. The molecule has 0 spiro atoms. The van der Waals surface area contributed by atoms with Crippen molar-refractivity contribution in [2.75, 3.05) is 12.1 Å². The molecule has 126 valence electrons. The zero-order valence-electron chi connectivity index (χ0n) is 13.4. The van der Waals surface area contributed by atoms with Crippen molar-refractivity contribution in [3.05, 3.63) is 29.8 Å². The number of benzene rings is 1. The number of alkyl halides is 3. The first kappa shape index (κ1) is 15.3. The summed E-state index contributed by atoms with van der Waals surface area (Å²) in [4.78, 5) is 0. The van der Waals surface area contributed by atoms with Gasteiger partial charge in [0.25, 0.3) is 0 Å². The lowest BCUT2D eigenvalue weighted by molar-refractivity contribution is -0.137. The summed E-state index contributed by atoms with van der Waals surface area (Å²) in [7, 11) is 1.84. The van der Waals surface area contributed by atoms with Crippen LogP contribution in [-0.2, 0) is 6.18 Å². The van der Waals surface area contributed by atoms with Crippen molar-refractivity contribution in [1.29, 1.82) is 0 Å².